The van der Waals surface area contributed by atoms with Crippen LogP contribution >= 0.6 is 0 Å². The van der Waals surface area contributed by atoms with Crippen molar-refractivity contribution in [1.82, 2.24) is 5.32 Å². The van der Waals surface area contributed by atoms with Gasteiger partial charge in [0.05, 0.1) is 13.0 Å². The van der Waals surface area contributed by atoms with Gasteiger partial charge in [-0.3, -0.25) is 4.79 Å². The molecule has 1 amide bonds. The van der Waals surface area contributed by atoms with Gasteiger partial charge in [0.15, 0.2) is 0 Å². The minimum absolute atomic E-state index is 0.0869. The molecule has 0 spiro atoms. The van der Waals surface area contributed by atoms with Crippen LogP contribution in [0.1, 0.15) is 43.9 Å². The SMILES string of the molecule is Cc1ccc(CO)cc1C[C@@H](CC(=O)O)NC(=O)OC(C)(C)C. The van der Waals surface area contributed by atoms with Gasteiger partial charge in [-0.25, -0.2) is 4.79 Å². The molecule has 0 unspecified atom stereocenters. The highest BCUT2D eigenvalue weighted by Crippen LogP contribution is 2.15. The maximum Gasteiger partial charge on any atom is 0.407 e. The predicted molar refractivity (Wildman–Crippen MR) is 86.2 cm³/mol. The number of rotatable bonds is 6. The number of alkyl carbamates (subject to hydrolysis) is 1. The van der Waals surface area contributed by atoms with Gasteiger partial charge in [-0.2, -0.15) is 0 Å². The summed E-state index contributed by atoms with van der Waals surface area (Å²) < 4.78 is 5.18. The molecule has 6 heteroatoms. The van der Waals surface area contributed by atoms with Gasteiger partial charge in [0.1, 0.15) is 5.60 Å². The van der Waals surface area contributed by atoms with Gasteiger partial charge in [0.25, 0.3) is 0 Å². The van der Waals surface area contributed by atoms with Crippen LogP contribution in [0.2, 0.25) is 0 Å². The van der Waals surface area contributed by atoms with Gasteiger partial charge in [-0.05, 0) is 50.8 Å². The normalized spacial score (nSPS) is 12.6. The smallest absolute Gasteiger partial charge is 0.407 e. The summed E-state index contributed by atoms with van der Waals surface area (Å²) in [6, 6.07) is 4.91. The number of carboxylic acid groups (broad SMARTS) is 1. The fourth-order valence-corrected chi connectivity index (χ4v) is 2.17. The third kappa shape index (κ3) is 7.15. The maximum atomic E-state index is 11.9. The molecule has 6 nitrogen and oxygen atoms in total. The van der Waals surface area contributed by atoms with Crippen molar-refractivity contribution in [3.8, 4) is 0 Å². The Morgan fingerprint density at radius 2 is 1.96 bits per heavy atom. The average Bonchev–Trinajstić information content (AvgIpc) is 2.38. The van der Waals surface area contributed by atoms with Crippen LogP contribution in [0.3, 0.4) is 0 Å². The van der Waals surface area contributed by atoms with Crippen LogP contribution in [-0.4, -0.2) is 33.9 Å². The molecule has 0 saturated carbocycles. The van der Waals surface area contributed by atoms with Crippen molar-refractivity contribution in [2.45, 2.75) is 58.8 Å². The number of aliphatic hydroxyl groups is 1. The molecule has 0 bridgehead atoms. The topological polar surface area (TPSA) is 95.9 Å². The number of benzene rings is 1. The Morgan fingerprint density at radius 1 is 1.30 bits per heavy atom. The summed E-state index contributed by atoms with van der Waals surface area (Å²) in [5, 5.41) is 20.9. The average molecular weight is 323 g/mol. The summed E-state index contributed by atoms with van der Waals surface area (Å²) in [4.78, 5) is 22.9. The summed E-state index contributed by atoms with van der Waals surface area (Å²) in [5.41, 5.74) is 1.96. The summed E-state index contributed by atoms with van der Waals surface area (Å²) in [5.74, 6) is -0.998. The highest BCUT2D eigenvalue weighted by Gasteiger charge is 2.22. The molecule has 1 aromatic rings. The van der Waals surface area contributed by atoms with Gasteiger partial charge in [0, 0.05) is 6.04 Å². The number of carboxylic acids is 1. The first-order chi connectivity index (χ1) is 10.6. The van der Waals surface area contributed by atoms with Gasteiger partial charge < -0.3 is 20.3 Å². The zero-order chi connectivity index (χ0) is 17.6. The van der Waals surface area contributed by atoms with E-state index in [4.69, 9.17) is 9.84 Å². The molecule has 1 atom stereocenters. The van der Waals surface area contributed by atoms with E-state index in [1.165, 1.54) is 0 Å². The summed E-state index contributed by atoms with van der Waals surface area (Å²) in [7, 11) is 0. The van der Waals surface area contributed by atoms with Gasteiger partial charge in [-0.1, -0.05) is 18.2 Å². The van der Waals surface area contributed by atoms with Crippen molar-refractivity contribution in [2.75, 3.05) is 0 Å². The van der Waals surface area contributed by atoms with E-state index >= 15 is 0 Å². The number of carbonyl (C=O) groups is 2. The second kappa shape index (κ2) is 7.97. The lowest BCUT2D eigenvalue weighted by molar-refractivity contribution is -0.137. The molecule has 0 heterocycles. The largest absolute Gasteiger partial charge is 0.481 e. The van der Waals surface area contributed by atoms with E-state index in [0.717, 1.165) is 16.7 Å². The van der Waals surface area contributed by atoms with Crippen LogP contribution in [-0.2, 0) is 22.6 Å². The van der Waals surface area contributed by atoms with Crippen molar-refractivity contribution in [1.29, 1.82) is 0 Å². The Balaban J connectivity index is 2.86. The first kappa shape index (κ1) is 19.0. The number of nitrogens with one attached hydrogen (secondary N) is 1. The van der Waals surface area contributed by atoms with E-state index < -0.39 is 23.7 Å². The molecule has 1 aromatic carbocycles. The van der Waals surface area contributed by atoms with Gasteiger partial charge in [-0.15, -0.1) is 0 Å². The van der Waals surface area contributed by atoms with E-state index in [1.807, 2.05) is 25.1 Å². The number of carbonyl (C=O) groups excluding carboxylic acids is 1. The fraction of sp³-hybridized carbons (Fsp3) is 0.529. The van der Waals surface area contributed by atoms with Gasteiger partial charge >= 0.3 is 12.1 Å². The lowest BCUT2D eigenvalue weighted by atomic mass is 9.97. The molecule has 1 rings (SSSR count). The summed E-state index contributed by atoms with van der Waals surface area (Å²) in [6.07, 6.45) is -0.493. The van der Waals surface area contributed by atoms with Crippen LogP contribution in [0.15, 0.2) is 18.2 Å². The molecule has 23 heavy (non-hydrogen) atoms. The maximum absolute atomic E-state index is 11.9. The number of amides is 1. The van der Waals surface area contributed by atoms with Crippen molar-refractivity contribution in [3.63, 3.8) is 0 Å². The minimum Gasteiger partial charge on any atom is -0.481 e. The zero-order valence-electron chi connectivity index (χ0n) is 14.0. The molecule has 3 N–H and O–H groups in total. The Labute approximate surface area is 136 Å². The van der Waals surface area contributed by atoms with E-state index in [1.54, 1.807) is 20.8 Å². The molecule has 0 aliphatic carbocycles. The number of hydrogen-bond donors (Lipinski definition) is 3. The van der Waals surface area contributed by atoms with Crippen molar-refractivity contribution >= 4 is 12.1 Å². The number of aryl methyl sites for hydroxylation is 1. The van der Waals surface area contributed by atoms with Crippen molar-refractivity contribution in [2.24, 2.45) is 0 Å². The van der Waals surface area contributed by atoms with Crippen LogP contribution in [0.25, 0.3) is 0 Å². The first-order valence-electron chi connectivity index (χ1n) is 7.51. The van der Waals surface area contributed by atoms with E-state index in [0.29, 0.717) is 6.42 Å². The van der Waals surface area contributed by atoms with Gasteiger partial charge in [0.2, 0.25) is 0 Å². The monoisotopic (exact) mass is 323 g/mol. The third-order valence-corrected chi connectivity index (χ3v) is 3.20. The lowest BCUT2D eigenvalue weighted by Gasteiger charge is -2.23. The number of ether oxygens (including phenoxy) is 1. The first-order valence-corrected chi connectivity index (χ1v) is 7.51. The molecule has 0 aromatic heterocycles. The molecule has 0 aliphatic heterocycles. The number of aliphatic hydroxyl groups excluding tert-OH is 1. The fourth-order valence-electron chi connectivity index (χ4n) is 2.17. The molecule has 128 valence electrons. The molecular formula is C17H25NO5. The van der Waals surface area contributed by atoms with E-state index in [9.17, 15) is 14.7 Å². The molecule has 0 aliphatic rings. The zero-order valence-corrected chi connectivity index (χ0v) is 14.0. The Hall–Kier alpha value is -2.08. The summed E-state index contributed by atoms with van der Waals surface area (Å²) in [6.45, 7) is 7.05. The Morgan fingerprint density at radius 3 is 2.48 bits per heavy atom. The Bertz CT molecular complexity index is 563. The second-order valence-corrected chi connectivity index (χ2v) is 6.56. The number of aliphatic carboxylic acids is 1. The number of hydrogen-bond acceptors (Lipinski definition) is 4. The lowest BCUT2D eigenvalue weighted by Crippen LogP contribution is -2.41. The predicted octanol–water partition coefficient (Wildman–Crippen LogP) is 2.40. The standard InChI is InChI=1S/C17H25NO5/c1-11-5-6-12(10-19)7-13(11)8-14(9-15(20)21)18-16(22)23-17(2,3)4/h5-7,14,19H,8-10H2,1-4H3,(H,18,22)(H,20,21)/t14-/m0/s1. The van der Waals surface area contributed by atoms with Crippen molar-refractivity contribution < 1.29 is 24.5 Å². The van der Waals surface area contributed by atoms with Crippen LogP contribution in [0.5, 0.6) is 0 Å². The summed E-state index contributed by atoms with van der Waals surface area (Å²) >= 11 is 0. The van der Waals surface area contributed by atoms with Crippen LogP contribution in [0.4, 0.5) is 4.79 Å². The highest BCUT2D eigenvalue weighted by molar-refractivity contribution is 5.71. The van der Waals surface area contributed by atoms with Crippen molar-refractivity contribution in [3.05, 3.63) is 34.9 Å². The van der Waals surface area contributed by atoms with E-state index in [-0.39, 0.29) is 13.0 Å². The minimum atomic E-state index is -0.998. The third-order valence-electron chi connectivity index (χ3n) is 3.20. The van der Waals surface area contributed by atoms with E-state index in [2.05, 4.69) is 5.32 Å². The molecule has 0 saturated heterocycles. The molecule has 0 radical (unpaired) electrons. The molecule has 0 fully saturated rings. The molecular weight excluding hydrogens is 298 g/mol. The highest BCUT2D eigenvalue weighted by atomic mass is 16.6. The Kier molecular flexibility index (Phi) is 6.57. The van der Waals surface area contributed by atoms with Crippen LogP contribution < -0.4 is 5.32 Å². The second-order valence-electron chi connectivity index (χ2n) is 6.56. The quantitative estimate of drug-likeness (QED) is 0.747. The van der Waals surface area contributed by atoms with Crippen LogP contribution in [0, 0.1) is 6.92 Å².